The van der Waals surface area contributed by atoms with Gasteiger partial charge >= 0.3 is 5.69 Å². The molecule has 5 nitrogen and oxygen atoms in total. The van der Waals surface area contributed by atoms with Crippen LogP contribution in [0.15, 0.2) is 18.2 Å². The van der Waals surface area contributed by atoms with Crippen LogP contribution >= 0.6 is 0 Å². The van der Waals surface area contributed by atoms with Crippen molar-refractivity contribution in [3.8, 4) is 0 Å². The molecule has 19 heavy (non-hydrogen) atoms. The van der Waals surface area contributed by atoms with Gasteiger partial charge in [-0.2, -0.15) is 4.39 Å². The second-order valence-corrected chi connectivity index (χ2v) is 5.04. The Bertz CT molecular complexity index is 495. The Morgan fingerprint density at radius 1 is 1.53 bits per heavy atom. The minimum absolute atomic E-state index is 0.327. The molecule has 0 saturated carbocycles. The SMILES string of the molecule is COC1(C)CCCN(c2cccc(F)c2[N+](=O)[O-])C1. The van der Waals surface area contributed by atoms with Crippen LogP contribution < -0.4 is 4.90 Å². The van der Waals surface area contributed by atoms with Gasteiger partial charge in [-0.25, -0.2) is 0 Å². The summed E-state index contributed by atoms with van der Waals surface area (Å²) in [6.07, 6.45) is 1.75. The normalized spacial score (nSPS) is 23.4. The molecule has 1 atom stereocenters. The second kappa shape index (κ2) is 5.13. The molecule has 0 N–H and O–H groups in total. The highest BCUT2D eigenvalue weighted by atomic mass is 19.1. The van der Waals surface area contributed by atoms with E-state index in [2.05, 4.69) is 0 Å². The van der Waals surface area contributed by atoms with Crippen molar-refractivity contribution < 1.29 is 14.1 Å². The van der Waals surface area contributed by atoms with Gasteiger partial charge in [-0.1, -0.05) is 6.07 Å². The van der Waals surface area contributed by atoms with Gasteiger partial charge in [-0.15, -0.1) is 0 Å². The van der Waals surface area contributed by atoms with Gasteiger partial charge in [0.25, 0.3) is 0 Å². The molecule has 1 saturated heterocycles. The van der Waals surface area contributed by atoms with E-state index in [1.165, 1.54) is 6.07 Å². The van der Waals surface area contributed by atoms with Crippen molar-refractivity contribution in [1.82, 2.24) is 0 Å². The molecule has 1 fully saturated rings. The zero-order chi connectivity index (χ0) is 14.0. The Balaban J connectivity index is 2.37. The highest BCUT2D eigenvalue weighted by Crippen LogP contribution is 2.35. The fourth-order valence-corrected chi connectivity index (χ4v) is 2.52. The van der Waals surface area contributed by atoms with Gasteiger partial charge in [0.15, 0.2) is 0 Å². The predicted molar refractivity (Wildman–Crippen MR) is 69.9 cm³/mol. The molecule has 104 valence electrons. The molecule has 0 aromatic heterocycles. The first-order valence-electron chi connectivity index (χ1n) is 6.20. The first-order valence-corrected chi connectivity index (χ1v) is 6.20. The fourth-order valence-electron chi connectivity index (χ4n) is 2.52. The number of halogens is 1. The average molecular weight is 268 g/mol. The van der Waals surface area contributed by atoms with Gasteiger partial charge in [-0.05, 0) is 31.9 Å². The van der Waals surface area contributed by atoms with Crippen molar-refractivity contribution in [3.63, 3.8) is 0 Å². The first kappa shape index (κ1) is 13.7. The van der Waals surface area contributed by atoms with Crippen molar-refractivity contribution in [2.75, 3.05) is 25.1 Å². The third-order valence-corrected chi connectivity index (χ3v) is 3.64. The van der Waals surface area contributed by atoms with Crippen LogP contribution in [0.25, 0.3) is 0 Å². The summed E-state index contributed by atoms with van der Waals surface area (Å²) in [6.45, 7) is 3.15. The van der Waals surface area contributed by atoms with Gasteiger partial charge in [0.05, 0.1) is 10.5 Å². The summed E-state index contributed by atoms with van der Waals surface area (Å²) >= 11 is 0. The molecule has 0 bridgehead atoms. The van der Waals surface area contributed by atoms with Crippen molar-refractivity contribution >= 4 is 11.4 Å². The van der Waals surface area contributed by atoms with Gasteiger partial charge in [-0.3, -0.25) is 10.1 Å². The number of para-hydroxylation sites is 1. The molecule has 2 rings (SSSR count). The summed E-state index contributed by atoms with van der Waals surface area (Å²) in [6, 6.07) is 4.19. The Kier molecular flexibility index (Phi) is 3.71. The Morgan fingerprint density at radius 3 is 2.89 bits per heavy atom. The minimum atomic E-state index is -0.799. The number of nitrogens with zero attached hydrogens (tertiary/aromatic N) is 2. The summed E-state index contributed by atoms with van der Waals surface area (Å²) < 4.78 is 19.1. The van der Waals surface area contributed by atoms with Crippen LogP contribution in [-0.2, 0) is 4.74 Å². The summed E-state index contributed by atoms with van der Waals surface area (Å²) in [5.41, 5.74) is -0.478. The quantitative estimate of drug-likeness (QED) is 0.624. The van der Waals surface area contributed by atoms with E-state index < -0.39 is 16.4 Å². The largest absolute Gasteiger partial charge is 0.377 e. The summed E-state index contributed by atoms with van der Waals surface area (Å²) in [5.74, 6) is -0.799. The number of anilines is 1. The number of rotatable bonds is 3. The van der Waals surface area contributed by atoms with Crippen LogP contribution in [0.4, 0.5) is 15.8 Å². The summed E-state index contributed by atoms with van der Waals surface area (Å²) in [5, 5.41) is 11.0. The molecule has 1 aromatic rings. The molecule has 0 amide bonds. The highest BCUT2D eigenvalue weighted by molar-refractivity contribution is 5.64. The lowest BCUT2D eigenvalue weighted by molar-refractivity contribution is -0.386. The number of hydrogen-bond donors (Lipinski definition) is 0. The summed E-state index contributed by atoms with van der Waals surface area (Å²) in [7, 11) is 1.63. The third-order valence-electron chi connectivity index (χ3n) is 3.64. The van der Waals surface area contributed by atoms with Crippen LogP contribution in [0.3, 0.4) is 0 Å². The Morgan fingerprint density at radius 2 is 2.26 bits per heavy atom. The molecule has 0 aliphatic carbocycles. The van der Waals surface area contributed by atoms with Gasteiger partial charge in [0.2, 0.25) is 5.82 Å². The van der Waals surface area contributed by atoms with Crippen LogP contribution in [0.5, 0.6) is 0 Å². The maximum atomic E-state index is 13.6. The number of hydrogen-bond acceptors (Lipinski definition) is 4. The molecule has 1 aliphatic rings. The molecule has 1 heterocycles. The van der Waals surface area contributed by atoms with Gasteiger partial charge < -0.3 is 9.64 Å². The van der Waals surface area contributed by atoms with E-state index in [9.17, 15) is 14.5 Å². The minimum Gasteiger partial charge on any atom is -0.377 e. The number of ether oxygens (including phenoxy) is 1. The van der Waals surface area contributed by atoms with Crippen LogP contribution in [0.1, 0.15) is 19.8 Å². The molecule has 6 heteroatoms. The van der Waals surface area contributed by atoms with E-state index in [-0.39, 0.29) is 5.60 Å². The third kappa shape index (κ3) is 2.68. The van der Waals surface area contributed by atoms with Crippen LogP contribution in [0.2, 0.25) is 0 Å². The van der Waals surface area contributed by atoms with Crippen molar-refractivity contribution in [1.29, 1.82) is 0 Å². The molecule has 0 radical (unpaired) electrons. The second-order valence-electron chi connectivity index (χ2n) is 5.04. The Hall–Kier alpha value is -1.69. The van der Waals surface area contributed by atoms with Crippen LogP contribution in [0, 0.1) is 15.9 Å². The Labute approximate surface area is 111 Å². The van der Waals surface area contributed by atoms with E-state index >= 15 is 0 Å². The number of methoxy groups -OCH3 is 1. The maximum Gasteiger partial charge on any atom is 0.327 e. The summed E-state index contributed by atoms with van der Waals surface area (Å²) in [4.78, 5) is 12.2. The van der Waals surface area contributed by atoms with Crippen LogP contribution in [-0.4, -0.2) is 30.7 Å². The molecular weight excluding hydrogens is 251 g/mol. The van der Waals surface area contributed by atoms with E-state index in [0.717, 1.165) is 18.9 Å². The molecule has 1 unspecified atom stereocenters. The zero-order valence-corrected chi connectivity index (χ0v) is 11.1. The molecular formula is C13H17FN2O3. The van der Waals surface area contributed by atoms with Gasteiger partial charge in [0.1, 0.15) is 5.69 Å². The van der Waals surface area contributed by atoms with E-state index in [0.29, 0.717) is 18.8 Å². The van der Waals surface area contributed by atoms with E-state index in [1.807, 2.05) is 11.8 Å². The number of piperidine rings is 1. The molecule has 1 aromatic carbocycles. The fraction of sp³-hybridized carbons (Fsp3) is 0.538. The lowest BCUT2D eigenvalue weighted by Crippen LogP contribution is -2.47. The zero-order valence-electron chi connectivity index (χ0n) is 11.1. The topological polar surface area (TPSA) is 55.6 Å². The molecule has 1 aliphatic heterocycles. The van der Waals surface area contributed by atoms with Crippen molar-refractivity contribution in [2.45, 2.75) is 25.4 Å². The smallest absolute Gasteiger partial charge is 0.327 e. The van der Waals surface area contributed by atoms with E-state index in [4.69, 9.17) is 4.74 Å². The van der Waals surface area contributed by atoms with E-state index in [1.54, 1.807) is 13.2 Å². The lowest BCUT2D eigenvalue weighted by atomic mass is 9.94. The van der Waals surface area contributed by atoms with Gasteiger partial charge in [0, 0.05) is 20.2 Å². The lowest BCUT2D eigenvalue weighted by Gasteiger charge is -2.40. The van der Waals surface area contributed by atoms with Crippen molar-refractivity contribution in [3.05, 3.63) is 34.1 Å². The first-order chi connectivity index (χ1) is 8.97. The number of nitro benzene ring substituents is 1. The maximum absolute atomic E-state index is 13.6. The van der Waals surface area contributed by atoms with Crippen molar-refractivity contribution in [2.24, 2.45) is 0 Å². The number of nitro groups is 1. The monoisotopic (exact) mass is 268 g/mol. The average Bonchev–Trinajstić information content (AvgIpc) is 2.38. The number of benzene rings is 1. The molecule has 0 spiro atoms. The standard InChI is InChI=1S/C13H17FN2O3/c1-13(19-2)7-4-8-15(9-13)11-6-3-5-10(14)12(11)16(17)18/h3,5-6H,4,7-9H2,1-2H3. The highest BCUT2D eigenvalue weighted by Gasteiger charge is 2.34. The predicted octanol–water partition coefficient (Wildman–Crippen LogP) is 2.74.